The number of nitrogens with zero attached hydrogens (tertiary/aromatic N) is 1. The fourth-order valence-electron chi connectivity index (χ4n) is 1.78. The lowest BCUT2D eigenvalue weighted by atomic mass is 10.2. The molecule has 0 fully saturated rings. The van der Waals surface area contributed by atoms with Crippen LogP contribution in [0.2, 0.25) is 0 Å². The minimum atomic E-state index is -5.08. The van der Waals surface area contributed by atoms with Crippen molar-refractivity contribution in [2.45, 2.75) is 39.1 Å². The Morgan fingerprint density at radius 1 is 1.10 bits per heavy atom. The number of carbonyl (C=O) groups is 1. The second-order valence-corrected chi connectivity index (χ2v) is 6.19. The highest BCUT2D eigenvalue weighted by Gasteiger charge is 2.38. The van der Waals surface area contributed by atoms with Gasteiger partial charge in [-0.15, -0.1) is 0 Å². The molecule has 0 spiro atoms. The van der Waals surface area contributed by atoms with Gasteiger partial charge >= 0.3 is 12.1 Å². The maximum Gasteiger partial charge on any atom is 0.490 e. The van der Waals surface area contributed by atoms with Gasteiger partial charge in [0.1, 0.15) is 11.5 Å². The van der Waals surface area contributed by atoms with E-state index in [4.69, 9.17) is 25.1 Å². The highest BCUT2D eigenvalue weighted by atomic mass is 19.4. The predicted molar refractivity (Wildman–Crippen MR) is 103 cm³/mol. The van der Waals surface area contributed by atoms with Crippen molar-refractivity contribution in [2.24, 2.45) is 5.73 Å². The topological polar surface area (TPSA) is 94.7 Å². The molecule has 0 aliphatic carbocycles. The Labute approximate surface area is 166 Å². The number of halogens is 3. The molecule has 29 heavy (non-hydrogen) atoms. The van der Waals surface area contributed by atoms with Crippen LogP contribution in [-0.4, -0.2) is 34.4 Å². The lowest BCUT2D eigenvalue weighted by Crippen LogP contribution is -2.21. The molecule has 0 amide bonds. The zero-order valence-electron chi connectivity index (χ0n) is 16.2. The Kier molecular flexibility index (Phi) is 9.14. The first-order chi connectivity index (χ1) is 13.5. The van der Waals surface area contributed by atoms with Gasteiger partial charge in [-0.2, -0.15) is 13.2 Å². The van der Waals surface area contributed by atoms with Crippen LogP contribution < -0.4 is 15.2 Å². The Bertz CT molecular complexity index is 787. The molecule has 1 aromatic heterocycles. The van der Waals surface area contributed by atoms with Gasteiger partial charge in [0.2, 0.25) is 5.88 Å². The summed E-state index contributed by atoms with van der Waals surface area (Å²) in [6.45, 7) is 5.87. The number of alkyl halides is 3. The Hall–Kier alpha value is -3.07. The predicted octanol–water partition coefficient (Wildman–Crippen LogP) is 4.65. The van der Waals surface area contributed by atoms with E-state index in [1.54, 1.807) is 12.3 Å². The number of pyridine rings is 1. The molecule has 3 N–H and O–H groups in total. The van der Waals surface area contributed by atoms with Crippen LogP contribution in [0.3, 0.4) is 0 Å². The van der Waals surface area contributed by atoms with Crippen LogP contribution >= 0.6 is 0 Å². The number of rotatable bonds is 6. The number of carboxylic acids is 1. The molecule has 158 valence electrons. The third-order valence-corrected chi connectivity index (χ3v) is 3.02. The number of carboxylic acid groups (broad SMARTS) is 1. The monoisotopic (exact) mass is 412 g/mol. The first-order valence-corrected chi connectivity index (χ1v) is 8.62. The van der Waals surface area contributed by atoms with E-state index in [2.05, 4.69) is 4.98 Å². The van der Waals surface area contributed by atoms with Gasteiger partial charge in [0.25, 0.3) is 0 Å². The summed E-state index contributed by atoms with van der Waals surface area (Å²) >= 11 is 0. The maximum absolute atomic E-state index is 10.6. The van der Waals surface area contributed by atoms with Crippen LogP contribution in [0.1, 0.15) is 26.3 Å². The highest BCUT2D eigenvalue weighted by molar-refractivity contribution is 5.73. The molecule has 2 aromatic rings. The summed E-state index contributed by atoms with van der Waals surface area (Å²) in [7, 11) is 0. The summed E-state index contributed by atoms with van der Waals surface area (Å²) in [4.78, 5) is 13.1. The van der Waals surface area contributed by atoms with Gasteiger partial charge in [-0.05, 0) is 44.5 Å². The van der Waals surface area contributed by atoms with E-state index in [1.165, 1.54) is 0 Å². The average Bonchev–Trinajstić information content (AvgIpc) is 2.62. The first kappa shape index (κ1) is 24.0. The zero-order valence-corrected chi connectivity index (χ0v) is 16.2. The summed E-state index contributed by atoms with van der Waals surface area (Å²) in [5.41, 5.74) is 6.77. The number of nitrogens with two attached hydrogens (primary N) is 1. The smallest absolute Gasteiger partial charge is 0.475 e. The number of ether oxygens (including phenoxy) is 2. The van der Waals surface area contributed by atoms with Crippen molar-refractivity contribution in [3.8, 4) is 17.4 Å². The van der Waals surface area contributed by atoms with Crippen LogP contribution in [0.5, 0.6) is 17.4 Å². The summed E-state index contributed by atoms with van der Waals surface area (Å²) in [5, 5.41) is 7.12. The minimum absolute atomic E-state index is 0.0496. The van der Waals surface area contributed by atoms with Gasteiger partial charge < -0.3 is 20.3 Å². The summed E-state index contributed by atoms with van der Waals surface area (Å²) in [5.74, 6) is -0.724. The van der Waals surface area contributed by atoms with E-state index >= 15 is 0 Å². The second-order valence-electron chi connectivity index (χ2n) is 6.19. The van der Waals surface area contributed by atoms with Crippen molar-refractivity contribution in [1.82, 2.24) is 4.98 Å². The normalized spacial score (nSPS) is 12.3. The van der Waals surface area contributed by atoms with Crippen LogP contribution in [0.4, 0.5) is 13.2 Å². The first-order valence-electron chi connectivity index (χ1n) is 8.62. The minimum Gasteiger partial charge on any atom is -0.475 e. The third-order valence-electron chi connectivity index (χ3n) is 3.02. The molecule has 0 saturated carbocycles. The molecule has 0 saturated heterocycles. The van der Waals surface area contributed by atoms with Gasteiger partial charge in [-0.25, -0.2) is 9.78 Å². The zero-order chi connectivity index (χ0) is 22.0. The SMILES string of the molecule is CC(N)/C=C/c1ccc(Oc2ccc(OC(C)C)nc2)cc1.O=C(O)C(F)(F)F. The molecule has 0 aliphatic rings. The molecular weight excluding hydrogens is 389 g/mol. The molecule has 0 bridgehead atoms. The van der Waals surface area contributed by atoms with E-state index < -0.39 is 12.1 Å². The molecule has 1 aromatic carbocycles. The van der Waals surface area contributed by atoms with Crippen molar-refractivity contribution in [2.75, 3.05) is 0 Å². The van der Waals surface area contributed by atoms with Crippen LogP contribution in [0.25, 0.3) is 6.08 Å². The molecule has 2 rings (SSSR count). The van der Waals surface area contributed by atoms with Gasteiger partial charge in [-0.1, -0.05) is 24.3 Å². The number of aliphatic carboxylic acids is 1. The van der Waals surface area contributed by atoms with E-state index in [1.807, 2.05) is 63.3 Å². The second kappa shape index (κ2) is 11.1. The molecule has 6 nitrogen and oxygen atoms in total. The maximum atomic E-state index is 10.6. The Balaban J connectivity index is 0.000000516. The number of hydrogen-bond acceptors (Lipinski definition) is 5. The summed E-state index contributed by atoms with van der Waals surface area (Å²) in [6.07, 6.45) is 0.624. The molecule has 1 unspecified atom stereocenters. The van der Waals surface area contributed by atoms with Crippen LogP contribution in [0.15, 0.2) is 48.7 Å². The van der Waals surface area contributed by atoms with E-state index in [0.29, 0.717) is 11.6 Å². The third kappa shape index (κ3) is 10.2. The van der Waals surface area contributed by atoms with Crippen molar-refractivity contribution >= 4 is 12.0 Å². The summed E-state index contributed by atoms with van der Waals surface area (Å²) < 4.78 is 43.0. The Morgan fingerprint density at radius 3 is 2.07 bits per heavy atom. The van der Waals surface area contributed by atoms with E-state index in [9.17, 15) is 13.2 Å². The largest absolute Gasteiger partial charge is 0.490 e. The fourth-order valence-corrected chi connectivity index (χ4v) is 1.78. The van der Waals surface area contributed by atoms with Crippen molar-refractivity contribution < 1.29 is 32.5 Å². The molecule has 0 radical (unpaired) electrons. The molecule has 9 heteroatoms. The van der Waals surface area contributed by atoms with Crippen molar-refractivity contribution in [3.63, 3.8) is 0 Å². The summed E-state index contributed by atoms with van der Waals surface area (Å²) in [6, 6.07) is 11.5. The number of benzene rings is 1. The molecule has 1 atom stereocenters. The quantitative estimate of drug-likeness (QED) is 0.717. The molecule has 0 aliphatic heterocycles. The fraction of sp³-hybridized carbons (Fsp3) is 0.300. The van der Waals surface area contributed by atoms with Crippen molar-refractivity contribution in [1.29, 1.82) is 0 Å². The number of aromatic nitrogens is 1. The van der Waals surface area contributed by atoms with Gasteiger partial charge in [-0.3, -0.25) is 0 Å². The molecule has 1 heterocycles. The molecular formula is C20H23F3N2O4. The Morgan fingerprint density at radius 2 is 1.66 bits per heavy atom. The van der Waals surface area contributed by atoms with Crippen LogP contribution in [-0.2, 0) is 4.79 Å². The van der Waals surface area contributed by atoms with Gasteiger partial charge in [0, 0.05) is 12.1 Å². The van der Waals surface area contributed by atoms with E-state index in [-0.39, 0.29) is 12.1 Å². The van der Waals surface area contributed by atoms with Crippen LogP contribution in [0, 0.1) is 0 Å². The lowest BCUT2D eigenvalue weighted by molar-refractivity contribution is -0.192. The van der Waals surface area contributed by atoms with Crippen molar-refractivity contribution in [3.05, 3.63) is 54.2 Å². The highest BCUT2D eigenvalue weighted by Crippen LogP contribution is 2.23. The average molecular weight is 412 g/mol. The lowest BCUT2D eigenvalue weighted by Gasteiger charge is -2.09. The van der Waals surface area contributed by atoms with Gasteiger partial charge in [0.05, 0.1) is 12.3 Å². The standard InChI is InChI=1S/C18H22N2O2.C2HF3O2/c1-13(2)21-18-11-10-17(12-20-18)22-16-8-6-15(7-9-16)5-4-14(3)19;3-2(4,5)1(6)7/h4-14H,19H2,1-3H3;(H,6,7)/b5-4+;. The number of hydrogen-bond donors (Lipinski definition) is 2. The van der Waals surface area contributed by atoms with E-state index in [0.717, 1.165) is 11.3 Å². The van der Waals surface area contributed by atoms with Gasteiger partial charge in [0.15, 0.2) is 0 Å².